The summed E-state index contributed by atoms with van der Waals surface area (Å²) in [5.74, 6) is -0.518. The van der Waals surface area contributed by atoms with E-state index in [1.807, 2.05) is 0 Å². The molecular weight excluding hydrogens is 243 g/mol. The molecule has 0 radical (unpaired) electrons. The first-order chi connectivity index (χ1) is 8.11. The van der Waals surface area contributed by atoms with Crippen molar-refractivity contribution in [3.63, 3.8) is 0 Å². The highest BCUT2D eigenvalue weighted by atomic mass is 35.5. The molecule has 17 heavy (non-hydrogen) atoms. The minimum absolute atomic E-state index is 0.0954. The molecule has 0 heterocycles. The molecule has 0 atom stereocenters. The lowest BCUT2D eigenvalue weighted by Gasteiger charge is -2.06. The summed E-state index contributed by atoms with van der Waals surface area (Å²) < 4.78 is 12.9. The lowest BCUT2D eigenvalue weighted by Crippen LogP contribution is -1.86. The van der Waals surface area contributed by atoms with Crippen LogP contribution in [-0.4, -0.2) is 11.4 Å². The van der Waals surface area contributed by atoms with E-state index in [1.54, 1.807) is 6.07 Å². The second-order valence-corrected chi connectivity index (χ2v) is 3.92. The maximum atomic E-state index is 12.9. The van der Waals surface area contributed by atoms with Crippen molar-refractivity contribution in [1.29, 1.82) is 0 Å². The Kier molecular flexibility index (Phi) is 3.11. The largest absolute Gasteiger partial charge is 0.507 e. The molecule has 4 heteroatoms. The fourth-order valence-corrected chi connectivity index (χ4v) is 1.82. The summed E-state index contributed by atoms with van der Waals surface area (Å²) in [5, 5.41) is 9.63. The van der Waals surface area contributed by atoms with Crippen molar-refractivity contribution in [1.82, 2.24) is 0 Å². The number of aldehydes is 1. The fraction of sp³-hybridized carbons (Fsp3) is 0. The average molecular weight is 251 g/mol. The summed E-state index contributed by atoms with van der Waals surface area (Å²) >= 11 is 5.91. The first-order valence-corrected chi connectivity index (χ1v) is 5.23. The maximum Gasteiger partial charge on any atom is 0.153 e. The number of hydrogen-bond donors (Lipinski definition) is 1. The van der Waals surface area contributed by atoms with Gasteiger partial charge < -0.3 is 5.11 Å². The van der Waals surface area contributed by atoms with E-state index in [1.165, 1.54) is 30.3 Å². The zero-order valence-corrected chi connectivity index (χ0v) is 9.41. The number of aromatic hydroxyl groups is 1. The summed E-state index contributed by atoms with van der Waals surface area (Å²) in [6, 6.07) is 8.53. The number of hydrogen-bond acceptors (Lipinski definition) is 2. The Morgan fingerprint density at radius 3 is 2.59 bits per heavy atom. The standard InChI is InChI=1S/C13H8ClFO2/c14-12-6-10(15)2-3-11(12)8-1-4-13(17)9(5-8)7-16/h1-7,17H. The van der Waals surface area contributed by atoms with Gasteiger partial charge in [0.05, 0.1) is 10.6 Å². The van der Waals surface area contributed by atoms with Crippen LogP contribution in [0, 0.1) is 5.82 Å². The van der Waals surface area contributed by atoms with Gasteiger partial charge in [0.25, 0.3) is 0 Å². The predicted octanol–water partition coefficient (Wildman–Crippen LogP) is 3.66. The van der Waals surface area contributed by atoms with Crippen LogP contribution in [0.5, 0.6) is 5.75 Å². The van der Waals surface area contributed by atoms with Gasteiger partial charge in [-0.25, -0.2) is 4.39 Å². The van der Waals surface area contributed by atoms with Gasteiger partial charge in [-0.05, 0) is 35.9 Å². The zero-order chi connectivity index (χ0) is 12.4. The number of benzene rings is 2. The molecule has 2 rings (SSSR count). The van der Waals surface area contributed by atoms with Gasteiger partial charge >= 0.3 is 0 Å². The van der Waals surface area contributed by atoms with Crippen molar-refractivity contribution >= 4 is 17.9 Å². The second kappa shape index (κ2) is 4.55. The van der Waals surface area contributed by atoms with Crippen LogP contribution in [0.25, 0.3) is 11.1 Å². The molecule has 0 saturated carbocycles. The SMILES string of the molecule is O=Cc1cc(-c2ccc(F)cc2Cl)ccc1O. The third-order valence-corrected chi connectivity index (χ3v) is 2.71. The topological polar surface area (TPSA) is 37.3 Å². The highest BCUT2D eigenvalue weighted by molar-refractivity contribution is 6.33. The molecule has 0 spiro atoms. The lowest BCUT2D eigenvalue weighted by atomic mass is 10.0. The summed E-state index contributed by atoms with van der Waals surface area (Å²) in [6.45, 7) is 0. The van der Waals surface area contributed by atoms with Crippen molar-refractivity contribution in [3.8, 4) is 16.9 Å². The Morgan fingerprint density at radius 1 is 1.18 bits per heavy atom. The summed E-state index contributed by atoms with van der Waals surface area (Å²) in [7, 11) is 0. The smallest absolute Gasteiger partial charge is 0.153 e. The van der Waals surface area contributed by atoms with Crippen LogP contribution in [0.4, 0.5) is 4.39 Å². The highest BCUT2D eigenvalue weighted by Gasteiger charge is 2.07. The van der Waals surface area contributed by atoms with E-state index in [0.717, 1.165) is 0 Å². The lowest BCUT2D eigenvalue weighted by molar-refractivity contribution is 0.112. The number of carbonyl (C=O) groups is 1. The summed E-state index contributed by atoms with van der Waals surface area (Å²) in [4.78, 5) is 10.7. The van der Waals surface area contributed by atoms with Crippen LogP contribution in [0.15, 0.2) is 36.4 Å². The highest BCUT2D eigenvalue weighted by Crippen LogP contribution is 2.30. The molecule has 86 valence electrons. The first kappa shape index (κ1) is 11.6. The van der Waals surface area contributed by atoms with Crippen LogP contribution in [0.3, 0.4) is 0 Å². The zero-order valence-electron chi connectivity index (χ0n) is 8.65. The van der Waals surface area contributed by atoms with Gasteiger partial charge in [0, 0.05) is 5.56 Å². The Labute approximate surface area is 102 Å². The van der Waals surface area contributed by atoms with Gasteiger partial charge in [-0.2, -0.15) is 0 Å². The Morgan fingerprint density at radius 2 is 1.94 bits per heavy atom. The molecule has 0 aliphatic carbocycles. The minimum Gasteiger partial charge on any atom is -0.507 e. The van der Waals surface area contributed by atoms with Crippen molar-refractivity contribution in [3.05, 3.63) is 52.8 Å². The number of carbonyl (C=O) groups excluding carboxylic acids is 1. The van der Waals surface area contributed by atoms with E-state index < -0.39 is 5.82 Å². The fourth-order valence-electron chi connectivity index (χ4n) is 1.54. The molecule has 0 saturated heterocycles. The molecular formula is C13H8ClFO2. The van der Waals surface area contributed by atoms with E-state index in [4.69, 9.17) is 11.6 Å². The van der Waals surface area contributed by atoms with E-state index in [0.29, 0.717) is 17.4 Å². The normalized spacial score (nSPS) is 10.2. The van der Waals surface area contributed by atoms with Crippen LogP contribution < -0.4 is 0 Å². The van der Waals surface area contributed by atoms with Gasteiger partial charge in [0.15, 0.2) is 6.29 Å². The molecule has 0 aliphatic rings. The van der Waals surface area contributed by atoms with Crippen LogP contribution in [-0.2, 0) is 0 Å². The van der Waals surface area contributed by atoms with Gasteiger partial charge in [0.1, 0.15) is 11.6 Å². The molecule has 0 aliphatic heterocycles. The second-order valence-electron chi connectivity index (χ2n) is 3.52. The first-order valence-electron chi connectivity index (χ1n) is 4.85. The molecule has 0 bridgehead atoms. The molecule has 0 unspecified atom stereocenters. The molecule has 1 N–H and O–H groups in total. The minimum atomic E-state index is -0.423. The van der Waals surface area contributed by atoms with Crippen LogP contribution in [0.2, 0.25) is 5.02 Å². The van der Waals surface area contributed by atoms with Gasteiger partial charge in [-0.3, -0.25) is 4.79 Å². The van der Waals surface area contributed by atoms with Crippen molar-refractivity contribution in [2.24, 2.45) is 0 Å². The third kappa shape index (κ3) is 2.29. The van der Waals surface area contributed by atoms with Crippen LogP contribution >= 0.6 is 11.6 Å². The number of phenols is 1. The summed E-state index contributed by atoms with van der Waals surface area (Å²) in [5.41, 5.74) is 1.42. The van der Waals surface area contributed by atoms with E-state index in [2.05, 4.69) is 0 Å². The third-order valence-electron chi connectivity index (χ3n) is 2.40. The van der Waals surface area contributed by atoms with Crippen LogP contribution in [0.1, 0.15) is 10.4 Å². The van der Waals surface area contributed by atoms with Gasteiger partial charge in [0.2, 0.25) is 0 Å². The number of phenolic OH excluding ortho intramolecular Hbond substituents is 1. The average Bonchev–Trinajstić information content (AvgIpc) is 2.30. The Bertz CT molecular complexity index is 582. The number of rotatable bonds is 2. The quantitative estimate of drug-likeness (QED) is 0.826. The van der Waals surface area contributed by atoms with Gasteiger partial charge in [-0.1, -0.05) is 17.7 Å². The number of halogens is 2. The Hall–Kier alpha value is -1.87. The van der Waals surface area contributed by atoms with Crippen molar-refractivity contribution in [2.75, 3.05) is 0 Å². The van der Waals surface area contributed by atoms with E-state index >= 15 is 0 Å². The molecule has 0 fully saturated rings. The van der Waals surface area contributed by atoms with E-state index in [9.17, 15) is 14.3 Å². The molecule has 2 aromatic rings. The Balaban J connectivity index is 2.56. The molecule has 0 amide bonds. The summed E-state index contributed by atoms with van der Waals surface area (Å²) in [6.07, 6.45) is 0.552. The maximum absolute atomic E-state index is 12.9. The van der Waals surface area contributed by atoms with E-state index in [-0.39, 0.29) is 16.3 Å². The van der Waals surface area contributed by atoms with Gasteiger partial charge in [-0.15, -0.1) is 0 Å². The van der Waals surface area contributed by atoms with Crippen molar-refractivity contribution < 1.29 is 14.3 Å². The van der Waals surface area contributed by atoms with Crippen molar-refractivity contribution in [2.45, 2.75) is 0 Å². The molecule has 2 nitrogen and oxygen atoms in total. The monoisotopic (exact) mass is 250 g/mol. The molecule has 2 aromatic carbocycles. The predicted molar refractivity (Wildman–Crippen MR) is 63.9 cm³/mol. The molecule has 0 aromatic heterocycles.